The van der Waals surface area contributed by atoms with E-state index in [1.807, 2.05) is 44.2 Å². The number of nitrogens with one attached hydrogen (secondary N) is 1. The second-order valence-electron chi connectivity index (χ2n) is 7.60. The number of likely N-dealkylation sites (tertiary alicyclic amines) is 1. The normalized spacial score (nSPS) is 17.0. The van der Waals surface area contributed by atoms with E-state index in [2.05, 4.69) is 20.8 Å². The fourth-order valence-electron chi connectivity index (χ4n) is 3.44. The molecule has 0 aliphatic carbocycles. The predicted molar refractivity (Wildman–Crippen MR) is 106 cm³/mol. The van der Waals surface area contributed by atoms with Gasteiger partial charge in [-0.1, -0.05) is 44.2 Å². The maximum Gasteiger partial charge on any atom is 0.410 e. The number of ketones is 1. The minimum absolute atomic E-state index is 0.0381. The molecule has 1 aliphatic heterocycles. The third-order valence-corrected chi connectivity index (χ3v) is 5.02. The lowest BCUT2D eigenvalue weighted by Crippen LogP contribution is -2.53. The van der Waals surface area contributed by atoms with Crippen molar-refractivity contribution in [2.24, 2.45) is 5.92 Å². The summed E-state index contributed by atoms with van der Waals surface area (Å²) >= 11 is 0. The topological polar surface area (TPSA) is 119 Å². The van der Waals surface area contributed by atoms with Crippen molar-refractivity contribution in [2.75, 3.05) is 6.54 Å². The molecular weight excluding hydrogens is 388 g/mol. The first-order valence-electron chi connectivity index (χ1n) is 9.97. The Bertz CT molecular complexity index is 855. The minimum atomic E-state index is -0.704. The van der Waals surface area contributed by atoms with E-state index in [0.717, 1.165) is 5.56 Å². The standard InChI is InChI=1S/C20H26N6O4/c1-14(2)18(17(27)11-25-13-21-23-24-25)22-19(28)16-9-6-10-26(16)20(29)30-12-15-7-4-3-5-8-15/h3-5,7-8,13-14,16,18H,6,9-12H2,1-2H3,(H,22,28)/t16-,18?/m0/s1. The SMILES string of the molecule is CC(C)C(NC(=O)[C@@H]1CCCN1C(=O)OCc1ccccc1)C(=O)Cn1cnnn1. The lowest BCUT2D eigenvalue weighted by atomic mass is 9.99. The smallest absolute Gasteiger partial charge is 0.410 e. The molecule has 1 fully saturated rings. The van der Waals surface area contributed by atoms with Gasteiger partial charge >= 0.3 is 6.09 Å². The lowest BCUT2D eigenvalue weighted by molar-refractivity contribution is -0.131. The van der Waals surface area contributed by atoms with Crippen LogP contribution >= 0.6 is 0 Å². The molecule has 1 aliphatic rings. The highest BCUT2D eigenvalue weighted by Gasteiger charge is 2.37. The maximum absolute atomic E-state index is 12.9. The average molecular weight is 414 g/mol. The quantitative estimate of drug-likeness (QED) is 0.689. The number of nitrogens with zero attached hydrogens (tertiary/aromatic N) is 5. The van der Waals surface area contributed by atoms with E-state index in [0.29, 0.717) is 19.4 Å². The maximum atomic E-state index is 12.9. The van der Waals surface area contributed by atoms with E-state index in [1.165, 1.54) is 15.9 Å². The van der Waals surface area contributed by atoms with E-state index in [9.17, 15) is 14.4 Å². The van der Waals surface area contributed by atoms with Gasteiger partial charge in [-0.15, -0.1) is 5.10 Å². The molecule has 1 N–H and O–H groups in total. The zero-order chi connectivity index (χ0) is 21.5. The largest absolute Gasteiger partial charge is 0.445 e. The van der Waals surface area contributed by atoms with Gasteiger partial charge in [-0.3, -0.25) is 14.5 Å². The van der Waals surface area contributed by atoms with E-state index < -0.39 is 18.2 Å². The molecule has 0 radical (unpaired) electrons. The Labute approximate surface area is 174 Å². The number of benzene rings is 1. The van der Waals surface area contributed by atoms with Crippen molar-refractivity contribution >= 4 is 17.8 Å². The molecule has 1 unspecified atom stereocenters. The Kier molecular flexibility index (Phi) is 7.10. The van der Waals surface area contributed by atoms with E-state index in [1.54, 1.807) is 0 Å². The minimum Gasteiger partial charge on any atom is -0.445 e. The van der Waals surface area contributed by atoms with Gasteiger partial charge in [-0.05, 0) is 34.7 Å². The Morgan fingerprint density at radius 2 is 2.00 bits per heavy atom. The summed E-state index contributed by atoms with van der Waals surface area (Å²) in [5.41, 5.74) is 0.874. The number of tetrazole rings is 1. The number of amides is 2. The number of Topliss-reactive ketones (excluding diaryl/α,β-unsaturated/α-hetero) is 1. The zero-order valence-corrected chi connectivity index (χ0v) is 17.1. The third kappa shape index (κ3) is 5.40. The van der Waals surface area contributed by atoms with Gasteiger partial charge in [0.1, 0.15) is 25.5 Å². The van der Waals surface area contributed by atoms with Gasteiger partial charge in [0.15, 0.2) is 5.78 Å². The van der Waals surface area contributed by atoms with Crippen molar-refractivity contribution < 1.29 is 19.1 Å². The molecule has 0 saturated carbocycles. The summed E-state index contributed by atoms with van der Waals surface area (Å²) in [4.78, 5) is 39.5. The summed E-state index contributed by atoms with van der Waals surface area (Å²) in [5.74, 6) is -0.687. The molecule has 10 heteroatoms. The fraction of sp³-hybridized carbons (Fsp3) is 0.500. The number of hydrogen-bond donors (Lipinski definition) is 1. The van der Waals surface area contributed by atoms with E-state index in [-0.39, 0.29) is 30.8 Å². The fourth-order valence-corrected chi connectivity index (χ4v) is 3.44. The number of carbonyl (C=O) groups excluding carboxylic acids is 3. The van der Waals surface area contributed by atoms with Crippen molar-refractivity contribution in [1.29, 1.82) is 0 Å². The lowest BCUT2D eigenvalue weighted by Gasteiger charge is -2.27. The number of aromatic nitrogens is 4. The summed E-state index contributed by atoms with van der Waals surface area (Å²) < 4.78 is 6.69. The highest BCUT2D eigenvalue weighted by Crippen LogP contribution is 2.20. The molecule has 0 spiro atoms. The van der Waals surface area contributed by atoms with Crippen molar-refractivity contribution in [2.45, 2.75) is 51.9 Å². The van der Waals surface area contributed by atoms with Gasteiger partial charge in [-0.25, -0.2) is 9.48 Å². The van der Waals surface area contributed by atoms with Gasteiger partial charge in [0.05, 0.1) is 6.04 Å². The second-order valence-corrected chi connectivity index (χ2v) is 7.60. The molecule has 1 saturated heterocycles. The molecule has 1 aromatic heterocycles. The van der Waals surface area contributed by atoms with Gasteiger partial charge in [0.2, 0.25) is 5.91 Å². The van der Waals surface area contributed by atoms with Crippen LogP contribution in [0.4, 0.5) is 4.79 Å². The summed E-state index contributed by atoms with van der Waals surface area (Å²) in [6.45, 7) is 4.25. The van der Waals surface area contributed by atoms with Gasteiger partial charge in [0, 0.05) is 6.54 Å². The van der Waals surface area contributed by atoms with E-state index >= 15 is 0 Å². The van der Waals surface area contributed by atoms with Crippen LogP contribution in [0.2, 0.25) is 0 Å². The van der Waals surface area contributed by atoms with Crippen molar-refractivity contribution in [3.8, 4) is 0 Å². The van der Waals surface area contributed by atoms with Crippen LogP contribution < -0.4 is 5.32 Å². The first kappa shape index (κ1) is 21.4. The van der Waals surface area contributed by atoms with Gasteiger partial charge in [-0.2, -0.15) is 0 Å². The average Bonchev–Trinajstić information content (AvgIpc) is 3.42. The first-order chi connectivity index (χ1) is 14.5. The van der Waals surface area contributed by atoms with E-state index in [4.69, 9.17) is 4.74 Å². The Balaban J connectivity index is 1.59. The van der Waals surface area contributed by atoms with Crippen molar-refractivity contribution in [1.82, 2.24) is 30.4 Å². The molecule has 160 valence electrons. The van der Waals surface area contributed by atoms with Crippen LogP contribution in [0.25, 0.3) is 0 Å². The van der Waals surface area contributed by atoms with Crippen LogP contribution in [0.5, 0.6) is 0 Å². The Morgan fingerprint density at radius 1 is 1.23 bits per heavy atom. The summed E-state index contributed by atoms with van der Waals surface area (Å²) in [6.07, 6.45) is 2.04. The number of rotatable bonds is 8. The zero-order valence-electron chi connectivity index (χ0n) is 17.1. The molecule has 2 heterocycles. The molecule has 3 rings (SSSR count). The molecule has 2 amide bonds. The molecule has 30 heavy (non-hydrogen) atoms. The van der Waals surface area contributed by atoms with Crippen LogP contribution in [-0.4, -0.2) is 61.5 Å². The van der Waals surface area contributed by atoms with Crippen LogP contribution in [0, 0.1) is 5.92 Å². The number of carbonyl (C=O) groups is 3. The third-order valence-electron chi connectivity index (χ3n) is 5.02. The van der Waals surface area contributed by atoms with Crippen LogP contribution in [0.3, 0.4) is 0 Å². The van der Waals surface area contributed by atoms with Crippen LogP contribution in [0.1, 0.15) is 32.3 Å². The van der Waals surface area contributed by atoms with Crippen molar-refractivity contribution in [3.05, 3.63) is 42.2 Å². The summed E-state index contributed by atoms with van der Waals surface area (Å²) in [5, 5.41) is 13.5. The Morgan fingerprint density at radius 3 is 2.67 bits per heavy atom. The monoisotopic (exact) mass is 414 g/mol. The number of ether oxygens (including phenoxy) is 1. The predicted octanol–water partition coefficient (Wildman–Crippen LogP) is 1.18. The van der Waals surface area contributed by atoms with Gasteiger partial charge in [0.25, 0.3) is 0 Å². The molecule has 1 aromatic carbocycles. The molecule has 10 nitrogen and oxygen atoms in total. The summed E-state index contributed by atoms with van der Waals surface area (Å²) in [7, 11) is 0. The van der Waals surface area contributed by atoms with Crippen molar-refractivity contribution in [3.63, 3.8) is 0 Å². The molecular formula is C20H26N6O4. The van der Waals surface area contributed by atoms with Gasteiger partial charge < -0.3 is 10.1 Å². The second kappa shape index (κ2) is 9.95. The van der Waals surface area contributed by atoms with Crippen LogP contribution in [0.15, 0.2) is 36.7 Å². The molecule has 0 bridgehead atoms. The first-order valence-corrected chi connectivity index (χ1v) is 9.97. The summed E-state index contributed by atoms with van der Waals surface area (Å²) in [6, 6.07) is 8.00. The highest BCUT2D eigenvalue weighted by atomic mass is 16.6. The van der Waals surface area contributed by atoms with Crippen LogP contribution in [-0.2, 0) is 27.5 Å². The number of hydrogen-bond acceptors (Lipinski definition) is 7. The molecule has 2 aromatic rings. The highest BCUT2D eigenvalue weighted by molar-refractivity contribution is 5.92. The molecule has 2 atom stereocenters. The Hall–Kier alpha value is -3.30.